The van der Waals surface area contributed by atoms with Crippen LogP contribution in [0.1, 0.15) is 35.8 Å². The van der Waals surface area contributed by atoms with E-state index in [0.29, 0.717) is 47.1 Å². The maximum Gasteiger partial charge on any atom is 0.273 e. The van der Waals surface area contributed by atoms with Gasteiger partial charge in [-0.2, -0.15) is 0 Å². The van der Waals surface area contributed by atoms with Gasteiger partial charge in [0.25, 0.3) is 5.91 Å². The van der Waals surface area contributed by atoms with Gasteiger partial charge in [0.05, 0.1) is 23.9 Å². The largest absolute Gasteiger partial charge is 0.492 e. The summed E-state index contributed by atoms with van der Waals surface area (Å²) in [7, 11) is 0. The fourth-order valence-corrected chi connectivity index (χ4v) is 3.23. The van der Waals surface area contributed by atoms with E-state index < -0.39 is 0 Å². The molecule has 9 heteroatoms. The Kier molecular flexibility index (Phi) is 6.71. The molecule has 1 aromatic carbocycles. The monoisotopic (exact) mass is 397 g/mol. The maximum absolute atomic E-state index is 12.1. The van der Waals surface area contributed by atoms with Crippen molar-refractivity contribution in [2.24, 2.45) is 0 Å². The molecule has 0 bridgehead atoms. The van der Waals surface area contributed by atoms with Crippen molar-refractivity contribution in [1.29, 1.82) is 0 Å². The highest BCUT2D eigenvalue weighted by molar-refractivity contribution is 6.35. The molecule has 26 heavy (non-hydrogen) atoms. The molecule has 0 saturated carbocycles. The molecule has 2 heterocycles. The first-order chi connectivity index (χ1) is 12.6. The van der Waals surface area contributed by atoms with Gasteiger partial charge in [0.2, 0.25) is 0 Å². The summed E-state index contributed by atoms with van der Waals surface area (Å²) >= 11 is 11.9. The zero-order valence-electron chi connectivity index (χ0n) is 14.3. The average Bonchev–Trinajstić information content (AvgIpc) is 3.14. The minimum absolute atomic E-state index is 0.227. The highest BCUT2D eigenvalue weighted by Gasteiger charge is 2.18. The Labute approximate surface area is 162 Å². The Morgan fingerprint density at radius 1 is 1.35 bits per heavy atom. The zero-order valence-corrected chi connectivity index (χ0v) is 15.8. The summed E-state index contributed by atoms with van der Waals surface area (Å²) in [4.78, 5) is 12.1. The Balaban J connectivity index is 1.39. The van der Waals surface area contributed by atoms with Crippen LogP contribution in [0.15, 0.2) is 24.4 Å². The van der Waals surface area contributed by atoms with Crippen molar-refractivity contribution in [2.45, 2.75) is 25.3 Å². The molecule has 0 radical (unpaired) electrons. The summed E-state index contributed by atoms with van der Waals surface area (Å²) in [6, 6.07) is 5.38. The molecular weight excluding hydrogens is 377 g/mol. The fourth-order valence-electron chi connectivity index (χ4n) is 2.77. The molecule has 7 nitrogen and oxygen atoms in total. The van der Waals surface area contributed by atoms with E-state index in [1.165, 1.54) is 0 Å². The lowest BCUT2D eigenvalue weighted by molar-refractivity contribution is 0.0946. The maximum atomic E-state index is 12.1. The lowest BCUT2D eigenvalue weighted by Crippen LogP contribution is -2.29. The van der Waals surface area contributed by atoms with Gasteiger partial charge in [0.1, 0.15) is 5.75 Å². The third-order valence-corrected chi connectivity index (χ3v) is 4.71. The van der Waals surface area contributed by atoms with E-state index in [1.807, 2.05) is 0 Å². The number of rotatable bonds is 7. The van der Waals surface area contributed by atoms with Crippen LogP contribution in [0.5, 0.6) is 5.75 Å². The Hall–Kier alpha value is -1.83. The van der Waals surface area contributed by atoms with Gasteiger partial charge in [-0.1, -0.05) is 28.4 Å². The number of hydrogen-bond acceptors (Lipinski definition) is 5. The van der Waals surface area contributed by atoms with Crippen molar-refractivity contribution in [3.05, 3.63) is 40.1 Å². The first kappa shape index (κ1) is 18.9. The van der Waals surface area contributed by atoms with E-state index in [9.17, 15) is 4.79 Å². The second-order valence-electron chi connectivity index (χ2n) is 6.10. The van der Waals surface area contributed by atoms with Crippen molar-refractivity contribution in [3.8, 4) is 5.75 Å². The molecule has 1 fully saturated rings. The van der Waals surface area contributed by atoms with Crippen molar-refractivity contribution in [1.82, 2.24) is 25.6 Å². The van der Waals surface area contributed by atoms with Gasteiger partial charge in [0.15, 0.2) is 5.69 Å². The number of ether oxygens (including phenoxy) is 1. The standard InChI is InChI=1S/C17H21Cl2N5O2/c18-12-2-3-16(14(19)10-12)26-9-1-6-21-17(25)15-11-24(23-22-15)13-4-7-20-8-5-13/h2-3,10-11,13,20H,1,4-9H2,(H,21,25). The second-order valence-corrected chi connectivity index (χ2v) is 6.94. The van der Waals surface area contributed by atoms with Crippen LogP contribution in [0, 0.1) is 0 Å². The molecule has 0 unspecified atom stereocenters. The Morgan fingerprint density at radius 2 is 2.15 bits per heavy atom. The first-order valence-electron chi connectivity index (χ1n) is 8.62. The van der Waals surface area contributed by atoms with Crippen molar-refractivity contribution in [3.63, 3.8) is 0 Å². The zero-order chi connectivity index (χ0) is 18.4. The van der Waals surface area contributed by atoms with E-state index >= 15 is 0 Å². The molecular formula is C17H21Cl2N5O2. The number of carbonyl (C=O) groups is 1. The number of carbonyl (C=O) groups excluding carboxylic acids is 1. The summed E-state index contributed by atoms with van der Waals surface area (Å²) in [6.45, 7) is 2.83. The molecule has 2 aromatic rings. The number of aromatic nitrogens is 3. The highest BCUT2D eigenvalue weighted by atomic mass is 35.5. The van der Waals surface area contributed by atoms with Gasteiger partial charge in [-0.15, -0.1) is 5.10 Å². The van der Waals surface area contributed by atoms with E-state index in [0.717, 1.165) is 25.9 Å². The minimum atomic E-state index is -0.227. The molecule has 1 aromatic heterocycles. The molecule has 1 aliphatic rings. The van der Waals surface area contributed by atoms with Crippen molar-refractivity contribution < 1.29 is 9.53 Å². The van der Waals surface area contributed by atoms with Crippen LogP contribution in [0.3, 0.4) is 0 Å². The second kappa shape index (κ2) is 9.21. The third-order valence-electron chi connectivity index (χ3n) is 4.18. The Morgan fingerprint density at radius 3 is 2.92 bits per heavy atom. The predicted molar refractivity (Wildman–Crippen MR) is 100 cm³/mol. The summed E-state index contributed by atoms with van der Waals surface area (Å²) in [5.74, 6) is 0.349. The molecule has 2 N–H and O–H groups in total. The smallest absolute Gasteiger partial charge is 0.273 e. The summed E-state index contributed by atoms with van der Waals surface area (Å²) in [5, 5.41) is 15.2. The molecule has 0 atom stereocenters. The minimum Gasteiger partial charge on any atom is -0.492 e. The Bertz CT molecular complexity index is 747. The number of amides is 1. The number of nitrogens with one attached hydrogen (secondary N) is 2. The lowest BCUT2D eigenvalue weighted by Gasteiger charge is -2.22. The summed E-state index contributed by atoms with van der Waals surface area (Å²) in [6.07, 6.45) is 4.35. The molecule has 1 saturated heterocycles. The lowest BCUT2D eigenvalue weighted by atomic mass is 10.1. The number of piperidine rings is 1. The van der Waals surface area contributed by atoms with Crippen molar-refractivity contribution >= 4 is 29.1 Å². The molecule has 0 spiro atoms. The number of benzene rings is 1. The predicted octanol–water partition coefficient (Wildman–Crippen LogP) is 2.71. The molecule has 3 rings (SSSR count). The van der Waals surface area contributed by atoms with E-state index in [-0.39, 0.29) is 5.91 Å². The van der Waals surface area contributed by atoms with Gasteiger partial charge in [-0.3, -0.25) is 4.79 Å². The van der Waals surface area contributed by atoms with Gasteiger partial charge in [-0.25, -0.2) is 4.68 Å². The van der Waals surface area contributed by atoms with Gasteiger partial charge < -0.3 is 15.4 Å². The molecule has 0 aliphatic carbocycles. The number of nitrogens with zero attached hydrogens (tertiary/aromatic N) is 3. The quantitative estimate of drug-likeness (QED) is 0.701. The van der Waals surface area contributed by atoms with Crippen LogP contribution in [-0.4, -0.2) is 47.1 Å². The first-order valence-corrected chi connectivity index (χ1v) is 9.37. The molecule has 1 amide bonds. The van der Waals surface area contributed by atoms with Crippen LogP contribution < -0.4 is 15.4 Å². The van der Waals surface area contributed by atoms with Crippen LogP contribution in [-0.2, 0) is 0 Å². The summed E-state index contributed by atoms with van der Waals surface area (Å²) in [5.41, 5.74) is 0.338. The van der Waals surface area contributed by atoms with Gasteiger partial charge >= 0.3 is 0 Å². The normalized spacial score (nSPS) is 15.0. The van der Waals surface area contributed by atoms with E-state index in [2.05, 4.69) is 20.9 Å². The van der Waals surface area contributed by atoms with Crippen LogP contribution in [0.25, 0.3) is 0 Å². The van der Waals surface area contributed by atoms with Crippen LogP contribution in [0.4, 0.5) is 0 Å². The SMILES string of the molecule is O=C(NCCCOc1ccc(Cl)cc1Cl)c1cn(C2CCNCC2)nn1. The topological polar surface area (TPSA) is 81.1 Å². The van der Waals surface area contributed by atoms with Crippen LogP contribution >= 0.6 is 23.2 Å². The third kappa shape index (κ3) is 5.09. The van der Waals surface area contributed by atoms with Gasteiger partial charge in [-0.05, 0) is 50.6 Å². The van der Waals surface area contributed by atoms with Crippen molar-refractivity contribution in [2.75, 3.05) is 26.2 Å². The fraction of sp³-hybridized carbons (Fsp3) is 0.471. The average molecular weight is 398 g/mol. The number of hydrogen-bond donors (Lipinski definition) is 2. The van der Waals surface area contributed by atoms with E-state index in [1.54, 1.807) is 29.1 Å². The molecule has 140 valence electrons. The van der Waals surface area contributed by atoms with Gasteiger partial charge in [0, 0.05) is 11.6 Å². The highest BCUT2D eigenvalue weighted by Crippen LogP contribution is 2.27. The molecule has 1 aliphatic heterocycles. The van der Waals surface area contributed by atoms with Crippen LogP contribution in [0.2, 0.25) is 10.0 Å². The number of halogens is 2. The summed E-state index contributed by atoms with van der Waals surface area (Å²) < 4.78 is 7.38. The van der Waals surface area contributed by atoms with E-state index in [4.69, 9.17) is 27.9 Å².